The van der Waals surface area contributed by atoms with Crippen LogP contribution in [0.2, 0.25) is 0 Å². The first-order chi connectivity index (χ1) is 10.5. The summed E-state index contributed by atoms with van der Waals surface area (Å²) in [4.78, 5) is 19.2. The number of piperidine rings is 1. The Morgan fingerprint density at radius 3 is 2.59 bits per heavy atom. The molecule has 3 heterocycles. The van der Waals surface area contributed by atoms with Crippen LogP contribution in [0.4, 0.5) is 0 Å². The van der Waals surface area contributed by atoms with Crippen molar-refractivity contribution in [2.75, 3.05) is 19.7 Å². The number of hydrogen-bond acceptors (Lipinski definition) is 3. The number of carbonyl (C=O) groups excluding carboxylic acids is 1. The quantitative estimate of drug-likeness (QED) is 0.862. The van der Waals surface area contributed by atoms with E-state index in [4.69, 9.17) is 4.74 Å². The molecule has 0 bridgehead atoms. The molecule has 1 spiro atoms. The minimum absolute atomic E-state index is 0.0676. The molecule has 22 heavy (non-hydrogen) atoms. The van der Waals surface area contributed by atoms with E-state index >= 15 is 0 Å². The Morgan fingerprint density at radius 2 is 2.00 bits per heavy atom. The van der Waals surface area contributed by atoms with Crippen molar-refractivity contribution in [3.8, 4) is 0 Å². The van der Waals surface area contributed by atoms with Crippen molar-refractivity contribution in [1.29, 1.82) is 0 Å². The van der Waals surface area contributed by atoms with Gasteiger partial charge in [-0.1, -0.05) is 13.8 Å². The van der Waals surface area contributed by atoms with E-state index in [1.807, 2.05) is 22.6 Å². The van der Waals surface area contributed by atoms with Gasteiger partial charge in [-0.05, 0) is 32.6 Å². The summed E-state index contributed by atoms with van der Waals surface area (Å²) >= 11 is 0. The molecule has 2 saturated heterocycles. The Kier molecular flexibility index (Phi) is 4.26. The van der Waals surface area contributed by atoms with E-state index in [2.05, 4.69) is 18.8 Å². The minimum atomic E-state index is -0.182. The normalized spacial score (nSPS) is 22.5. The maximum Gasteiger partial charge on any atom is 0.245 e. The molecule has 3 rings (SSSR count). The summed E-state index contributed by atoms with van der Waals surface area (Å²) in [6, 6.07) is -0.182. The van der Waals surface area contributed by atoms with Crippen LogP contribution in [0.25, 0.3) is 0 Å². The molecule has 1 atom stereocenters. The van der Waals surface area contributed by atoms with Crippen LogP contribution in [-0.4, -0.2) is 45.7 Å². The monoisotopic (exact) mass is 305 g/mol. The molecule has 2 aliphatic heterocycles. The van der Waals surface area contributed by atoms with Crippen LogP contribution in [0.3, 0.4) is 0 Å². The number of aromatic nitrogens is 2. The lowest BCUT2D eigenvalue weighted by molar-refractivity contribution is -0.139. The topological polar surface area (TPSA) is 47.4 Å². The number of hydrogen-bond donors (Lipinski definition) is 0. The first-order valence-corrected chi connectivity index (χ1v) is 8.48. The Morgan fingerprint density at radius 1 is 1.27 bits per heavy atom. The van der Waals surface area contributed by atoms with E-state index < -0.39 is 0 Å². The lowest BCUT2D eigenvalue weighted by atomic mass is 9.88. The second kappa shape index (κ2) is 6.03. The van der Waals surface area contributed by atoms with Gasteiger partial charge in [-0.25, -0.2) is 4.98 Å². The van der Waals surface area contributed by atoms with Crippen molar-refractivity contribution >= 4 is 5.91 Å². The van der Waals surface area contributed by atoms with Gasteiger partial charge >= 0.3 is 0 Å². The third kappa shape index (κ3) is 2.78. The second-order valence-corrected chi connectivity index (χ2v) is 6.98. The maximum atomic E-state index is 12.8. The number of nitrogens with zero attached hydrogens (tertiary/aromatic N) is 3. The lowest BCUT2D eigenvalue weighted by Gasteiger charge is -2.39. The van der Waals surface area contributed by atoms with Crippen LogP contribution in [0.15, 0.2) is 12.4 Å². The number of imidazole rings is 1. The number of carbonyl (C=O) groups is 1. The fourth-order valence-electron chi connectivity index (χ4n) is 3.77. The summed E-state index contributed by atoms with van der Waals surface area (Å²) in [6.07, 6.45) is 7.99. The maximum absolute atomic E-state index is 12.8. The molecule has 0 aliphatic carbocycles. The molecule has 1 aromatic heterocycles. The second-order valence-electron chi connectivity index (χ2n) is 6.98. The van der Waals surface area contributed by atoms with Gasteiger partial charge in [-0.3, -0.25) is 4.79 Å². The zero-order valence-electron chi connectivity index (χ0n) is 13.9. The summed E-state index contributed by atoms with van der Waals surface area (Å²) in [7, 11) is 0. The van der Waals surface area contributed by atoms with Crippen molar-refractivity contribution in [3.05, 3.63) is 18.2 Å². The number of ether oxygens (including phenoxy) is 1. The smallest absolute Gasteiger partial charge is 0.245 e. The first kappa shape index (κ1) is 15.5. The zero-order chi connectivity index (χ0) is 15.7. The third-order valence-corrected chi connectivity index (χ3v) is 5.16. The fraction of sp³-hybridized carbons (Fsp3) is 0.765. The number of likely N-dealkylation sites (tertiary alicyclic amines) is 1. The Hall–Kier alpha value is -1.36. The van der Waals surface area contributed by atoms with Crippen LogP contribution < -0.4 is 0 Å². The molecule has 5 heteroatoms. The van der Waals surface area contributed by atoms with E-state index in [9.17, 15) is 4.79 Å². The molecule has 5 nitrogen and oxygen atoms in total. The molecule has 0 radical (unpaired) electrons. The van der Waals surface area contributed by atoms with Gasteiger partial charge in [0.05, 0.1) is 5.60 Å². The van der Waals surface area contributed by atoms with Crippen LogP contribution >= 0.6 is 0 Å². The van der Waals surface area contributed by atoms with Gasteiger partial charge in [0, 0.05) is 38.0 Å². The third-order valence-electron chi connectivity index (χ3n) is 5.16. The largest absolute Gasteiger partial charge is 0.375 e. The molecule has 2 aliphatic rings. The molecule has 2 fully saturated rings. The van der Waals surface area contributed by atoms with E-state index in [1.165, 1.54) is 0 Å². The molecule has 1 amide bonds. The van der Waals surface area contributed by atoms with Crippen molar-refractivity contribution in [2.24, 2.45) is 0 Å². The molecular formula is C17H27N3O2. The fourth-order valence-corrected chi connectivity index (χ4v) is 3.77. The van der Waals surface area contributed by atoms with Gasteiger partial charge in [0.25, 0.3) is 0 Å². The van der Waals surface area contributed by atoms with Gasteiger partial charge < -0.3 is 14.2 Å². The van der Waals surface area contributed by atoms with E-state index in [0.717, 1.165) is 51.2 Å². The number of amides is 1. The van der Waals surface area contributed by atoms with E-state index in [1.54, 1.807) is 6.20 Å². The summed E-state index contributed by atoms with van der Waals surface area (Å²) in [5.41, 5.74) is 0.0676. The van der Waals surface area contributed by atoms with Gasteiger partial charge in [-0.2, -0.15) is 0 Å². The molecule has 0 aromatic carbocycles. The predicted octanol–water partition coefficient (Wildman–Crippen LogP) is 2.74. The molecule has 1 aromatic rings. The first-order valence-electron chi connectivity index (χ1n) is 8.48. The number of rotatable bonds is 3. The highest BCUT2D eigenvalue weighted by atomic mass is 16.5. The zero-order valence-corrected chi connectivity index (χ0v) is 13.9. The summed E-state index contributed by atoms with van der Waals surface area (Å²) in [6.45, 7) is 8.71. The average molecular weight is 305 g/mol. The van der Waals surface area contributed by atoms with Crippen molar-refractivity contribution in [3.63, 3.8) is 0 Å². The molecule has 0 saturated carbocycles. The SMILES string of the molecule is CC(C)c1nccn1[C@H](C)C(=O)N1CCC2(CCCO2)CC1. The summed E-state index contributed by atoms with van der Waals surface area (Å²) < 4.78 is 7.96. The van der Waals surface area contributed by atoms with E-state index in [-0.39, 0.29) is 17.6 Å². The van der Waals surface area contributed by atoms with Crippen molar-refractivity contribution in [1.82, 2.24) is 14.5 Å². The van der Waals surface area contributed by atoms with Crippen molar-refractivity contribution in [2.45, 2.75) is 64.0 Å². The lowest BCUT2D eigenvalue weighted by Crippen LogP contribution is -2.48. The Labute approximate surface area is 132 Å². The highest BCUT2D eigenvalue weighted by Crippen LogP contribution is 2.36. The van der Waals surface area contributed by atoms with E-state index in [0.29, 0.717) is 5.92 Å². The molecule has 0 N–H and O–H groups in total. The Bertz CT molecular complexity index is 522. The highest BCUT2D eigenvalue weighted by Gasteiger charge is 2.40. The summed E-state index contributed by atoms with van der Waals surface area (Å²) in [5.74, 6) is 1.50. The minimum Gasteiger partial charge on any atom is -0.375 e. The van der Waals surface area contributed by atoms with Crippen LogP contribution in [0.1, 0.15) is 64.2 Å². The average Bonchev–Trinajstić information content (AvgIpc) is 3.16. The van der Waals surface area contributed by atoms with Gasteiger partial charge in [0.15, 0.2) is 0 Å². The molecule has 122 valence electrons. The summed E-state index contributed by atoms with van der Waals surface area (Å²) in [5, 5.41) is 0. The molecular weight excluding hydrogens is 278 g/mol. The molecule has 0 unspecified atom stereocenters. The van der Waals surface area contributed by atoms with Gasteiger partial charge in [0.2, 0.25) is 5.91 Å². The van der Waals surface area contributed by atoms with Crippen LogP contribution in [0, 0.1) is 0 Å². The van der Waals surface area contributed by atoms with Crippen LogP contribution in [-0.2, 0) is 9.53 Å². The Balaban J connectivity index is 1.65. The standard InChI is InChI=1S/C17H27N3O2/c1-13(2)15-18-8-11-20(15)14(3)16(21)19-9-6-17(7-10-19)5-4-12-22-17/h8,11,13-14H,4-7,9-10,12H2,1-3H3/t14-/m1/s1. The van der Waals surface area contributed by atoms with Gasteiger partial charge in [0.1, 0.15) is 11.9 Å². The van der Waals surface area contributed by atoms with Gasteiger partial charge in [-0.15, -0.1) is 0 Å². The predicted molar refractivity (Wildman–Crippen MR) is 84.8 cm³/mol. The van der Waals surface area contributed by atoms with Crippen molar-refractivity contribution < 1.29 is 9.53 Å². The highest BCUT2D eigenvalue weighted by molar-refractivity contribution is 5.80. The van der Waals surface area contributed by atoms with Crippen LogP contribution in [0.5, 0.6) is 0 Å².